The highest BCUT2D eigenvalue weighted by Gasteiger charge is 2.39. The van der Waals surface area contributed by atoms with Gasteiger partial charge in [0, 0.05) is 27.2 Å². The molecule has 2 N–H and O–H groups in total. The zero-order chi connectivity index (χ0) is 27.0. The lowest BCUT2D eigenvalue weighted by atomic mass is 10.1. The number of benzene rings is 3. The minimum atomic E-state index is -0.594. The number of hydrogen-bond donors (Lipinski definition) is 2. The molecule has 0 saturated heterocycles. The van der Waals surface area contributed by atoms with Crippen molar-refractivity contribution >= 4 is 68.8 Å². The summed E-state index contributed by atoms with van der Waals surface area (Å²) in [7, 11) is 0. The van der Waals surface area contributed by atoms with Crippen molar-refractivity contribution in [3.05, 3.63) is 105 Å². The van der Waals surface area contributed by atoms with Gasteiger partial charge in [-0.15, -0.1) is 11.3 Å². The van der Waals surface area contributed by atoms with Gasteiger partial charge in [-0.1, -0.05) is 53.0 Å². The molecule has 1 aromatic heterocycles. The van der Waals surface area contributed by atoms with Crippen LogP contribution in [0.4, 0.5) is 16.5 Å². The van der Waals surface area contributed by atoms with E-state index in [1.165, 1.54) is 11.3 Å². The summed E-state index contributed by atoms with van der Waals surface area (Å²) in [6, 6.07) is 19.2. The Hall–Kier alpha value is -3.98. The van der Waals surface area contributed by atoms with E-state index in [9.17, 15) is 14.4 Å². The summed E-state index contributed by atoms with van der Waals surface area (Å²) < 4.78 is 0. The number of amides is 3. The smallest absolute Gasteiger partial charge is 0.283 e. The van der Waals surface area contributed by atoms with Gasteiger partial charge in [0.15, 0.2) is 5.13 Å². The number of aryl methyl sites for hydroxylation is 2. The van der Waals surface area contributed by atoms with Crippen LogP contribution in [-0.4, -0.2) is 22.7 Å². The van der Waals surface area contributed by atoms with Gasteiger partial charge in [-0.3, -0.25) is 19.7 Å². The first-order chi connectivity index (χ1) is 18.2. The summed E-state index contributed by atoms with van der Waals surface area (Å²) in [6.07, 6.45) is 0. The van der Waals surface area contributed by atoms with Gasteiger partial charge in [0.05, 0.1) is 11.4 Å². The topological polar surface area (TPSA) is 91.4 Å². The fourth-order valence-electron chi connectivity index (χ4n) is 3.99. The van der Waals surface area contributed by atoms with Gasteiger partial charge in [0.2, 0.25) is 0 Å². The standard InChI is InChI=1S/C28H20Cl2N4O3S/c1-15-3-12-22(16(2)13-15)34-26(36)23(30)24(27(34)37)31-20-10-6-18(7-11-20)25(35)33-28-32-21(14-38-28)17-4-8-19(29)9-5-17/h3-14,31H,1-2H3,(H,32,33,35). The van der Waals surface area contributed by atoms with Crippen molar-refractivity contribution in [3.63, 3.8) is 0 Å². The van der Waals surface area contributed by atoms with E-state index in [0.717, 1.165) is 27.3 Å². The average Bonchev–Trinajstić information content (AvgIpc) is 3.44. The van der Waals surface area contributed by atoms with Gasteiger partial charge in [-0.2, -0.15) is 0 Å². The highest BCUT2D eigenvalue weighted by Crippen LogP contribution is 2.32. The van der Waals surface area contributed by atoms with Crippen LogP contribution in [0.5, 0.6) is 0 Å². The molecule has 5 rings (SSSR count). The summed E-state index contributed by atoms with van der Waals surface area (Å²) in [6.45, 7) is 3.76. The van der Waals surface area contributed by atoms with Gasteiger partial charge < -0.3 is 5.32 Å². The van der Waals surface area contributed by atoms with Crippen molar-refractivity contribution in [2.75, 3.05) is 15.5 Å². The monoisotopic (exact) mass is 562 g/mol. The Kier molecular flexibility index (Phi) is 7.03. The molecule has 0 bridgehead atoms. The molecule has 7 nitrogen and oxygen atoms in total. The minimum Gasteiger partial charge on any atom is -0.350 e. The Balaban J connectivity index is 1.27. The molecule has 0 atom stereocenters. The molecule has 1 aliphatic heterocycles. The number of halogens is 2. The van der Waals surface area contributed by atoms with Gasteiger partial charge in [0.1, 0.15) is 10.7 Å². The Morgan fingerprint density at radius 1 is 0.921 bits per heavy atom. The molecule has 0 radical (unpaired) electrons. The number of nitrogens with zero attached hydrogens (tertiary/aromatic N) is 2. The van der Waals surface area contributed by atoms with Crippen molar-refractivity contribution < 1.29 is 14.4 Å². The van der Waals surface area contributed by atoms with Crippen LogP contribution in [0, 0.1) is 13.8 Å². The van der Waals surface area contributed by atoms with Gasteiger partial charge in [0.25, 0.3) is 17.7 Å². The molecule has 0 spiro atoms. The summed E-state index contributed by atoms with van der Waals surface area (Å²) in [5, 5.41) is 8.47. The van der Waals surface area contributed by atoms with Crippen LogP contribution in [0.3, 0.4) is 0 Å². The van der Waals surface area contributed by atoms with Crippen molar-refractivity contribution in [1.82, 2.24) is 4.98 Å². The SMILES string of the molecule is Cc1ccc(N2C(=O)C(Cl)=C(Nc3ccc(C(=O)Nc4nc(-c5ccc(Cl)cc5)cs4)cc3)C2=O)c(C)c1. The fraction of sp³-hybridized carbons (Fsp3) is 0.0714. The van der Waals surface area contributed by atoms with Gasteiger partial charge in [-0.05, 0) is 61.9 Å². The number of aromatic nitrogens is 1. The van der Waals surface area contributed by atoms with Crippen molar-refractivity contribution in [1.29, 1.82) is 0 Å². The van der Waals surface area contributed by atoms with Crippen LogP contribution in [0.2, 0.25) is 5.02 Å². The number of rotatable bonds is 6. The average molecular weight is 563 g/mol. The van der Waals surface area contributed by atoms with Crippen LogP contribution in [0.1, 0.15) is 21.5 Å². The van der Waals surface area contributed by atoms with E-state index < -0.39 is 11.8 Å². The first-order valence-corrected chi connectivity index (χ1v) is 13.1. The molecular formula is C28H20Cl2N4O3S. The second kappa shape index (κ2) is 10.4. The second-order valence-electron chi connectivity index (χ2n) is 8.63. The molecule has 0 aliphatic carbocycles. The molecule has 3 aromatic carbocycles. The van der Waals surface area contributed by atoms with Crippen molar-refractivity contribution in [3.8, 4) is 11.3 Å². The number of carbonyl (C=O) groups excluding carboxylic acids is 3. The predicted octanol–water partition coefficient (Wildman–Crippen LogP) is 6.77. The highest BCUT2D eigenvalue weighted by atomic mass is 35.5. The van der Waals surface area contributed by atoms with E-state index >= 15 is 0 Å². The Labute approximate surface area is 232 Å². The summed E-state index contributed by atoms with van der Waals surface area (Å²) in [5.74, 6) is -1.48. The maximum absolute atomic E-state index is 13.1. The summed E-state index contributed by atoms with van der Waals surface area (Å²) >= 11 is 13.5. The Morgan fingerprint density at radius 2 is 1.63 bits per heavy atom. The molecule has 0 unspecified atom stereocenters. The lowest BCUT2D eigenvalue weighted by Gasteiger charge is -2.18. The molecule has 2 heterocycles. The van der Waals surface area contributed by atoms with E-state index in [1.807, 2.05) is 43.5 Å². The number of hydrogen-bond acceptors (Lipinski definition) is 6. The number of carbonyl (C=O) groups is 3. The van der Waals surface area contributed by atoms with Crippen LogP contribution >= 0.6 is 34.5 Å². The Bertz CT molecular complexity index is 1610. The molecule has 1 aliphatic rings. The quantitative estimate of drug-likeness (QED) is 0.253. The normalized spacial score (nSPS) is 13.3. The molecule has 10 heteroatoms. The third kappa shape index (κ3) is 5.06. The van der Waals surface area contributed by atoms with Crippen LogP contribution in [-0.2, 0) is 9.59 Å². The summed E-state index contributed by atoms with van der Waals surface area (Å²) in [5.41, 5.74) is 4.78. The van der Waals surface area contributed by atoms with Crippen molar-refractivity contribution in [2.24, 2.45) is 0 Å². The molecule has 4 aromatic rings. The first-order valence-electron chi connectivity index (χ1n) is 11.5. The first kappa shape index (κ1) is 25.7. The zero-order valence-corrected chi connectivity index (χ0v) is 22.5. The van der Waals surface area contributed by atoms with Crippen LogP contribution in [0.25, 0.3) is 11.3 Å². The van der Waals surface area contributed by atoms with Gasteiger partial charge >= 0.3 is 0 Å². The lowest BCUT2D eigenvalue weighted by molar-refractivity contribution is -0.120. The largest absolute Gasteiger partial charge is 0.350 e. The predicted molar refractivity (Wildman–Crippen MR) is 152 cm³/mol. The molecule has 3 amide bonds. The summed E-state index contributed by atoms with van der Waals surface area (Å²) in [4.78, 5) is 44.2. The third-order valence-corrected chi connectivity index (χ3v) is 7.26. The van der Waals surface area contributed by atoms with E-state index in [1.54, 1.807) is 42.5 Å². The maximum atomic E-state index is 13.1. The van der Waals surface area contributed by atoms with E-state index in [2.05, 4.69) is 15.6 Å². The highest BCUT2D eigenvalue weighted by molar-refractivity contribution is 7.14. The maximum Gasteiger partial charge on any atom is 0.283 e. The van der Waals surface area contributed by atoms with E-state index in [0.29, 0.717) is 27.1 Å². The molecule has 0 fully saturated rings. The number of thiazole rings is 1. The second-order valence-corrected chi connectivity index (χ2v) is 10.3. The van der Waals surface area contributed by atoms with Crippen LogP contribution < -0.4 is 15.5 Å². The van der Waals surface area contributed by atoms with Crippen LogP contribution in [0.15, 0.2) is 82.8 Å². The number of imide groups is 1. The molecule has 0 saturated carbocycles. The Morgan fingerprint density at radius 3 is 2.32 bits per heavy atom. The molecule has 38 heavy (non-hydrogen) atoms. The van der Waals surface area contributed by atoms with Crippen molar-refractivity contribution in [2.45, 2.75) is 13.8 Å². The zero-order valence-electron chi connectivity index (χ0n) is 20.2. The molecule has 190 valence electrons. The van der Waals surface area contributed by atoms with E-state index in [4.69, 9.17) is 23.2 Å². The number of nitrogens with one attached hydrogen (secondary N) is 2. The third-order valence-electron chi connectivity index (χ3n) is 5.90. The molecular weight excluding hydrogens is 543 g/mol. The fourth-order valence-corrected chi connectivity index (χ4v) is 5.04. The number of anilines is 3. The van der Waals surface area contributed by atoms with Gasteiger partial charge in [-0.25, -0.2) is 9.88 Å². The minimum absolute atomic E-state index is 0.0219. The lowest BCUT2D eigenvalue weighted by Crippen LogP contribution is -2.32. The van der Waals surface area contributed by atoms with E-state index in [-0.39, 0.29) is 16.6 Å².